The molecule has 0 amide bonds. The monoisotopic (exact) mass is 270 g/mol. The van der Waals surface area contributed by atoms with Gasteiger partial charge in [0, 0.05) is 0 Å². The summed E-state index contributed by atoms with van der Waals surface area (Å²) >= 11 is 0. The Balaban J connectivity index is 2.20. The number of ether oxygens (including phenoxy) is 2. The molecule has 0 aliphatic heterocycles. The van der Waals surface area contributed by atoms with Gasteiger partial charge in [-0.15, -0.1) is 0 Å². The Labute approximate surface area is 118 Å². The summed E-state index contributed by atoms with van der Waals surface area (Å²) in [5.74, 6) is 0.470. The molecule has 0 unspecified atom stereocenters. The average molecular weight is 270 g/mol. The summed E-state index contributed by atoms with van der Waals surface area (Å²) in [4.78, 5) is 11.6. The highest BCUT2D eigenvalue weighted by atomic mass is 16.7. The molecule has 0 saturated carbocycles. The van der Waals surface area contributed by atoms with Crippen LogP contribution in [0.2, 0.25) is 0 Å². The van der Waals surface area contributed by atoms with E-state index >= 15 is 0 Å². The van der Waals surface area contributed by atoms with Gasteiger partial charge in [0.25, 0.3) is 0 Å². The molecule has 2 aromatic carbocycles. The SMILES string of the molecule is C=Cc1ccc2cc(OC(=O)OC(C)(C)C)ccc2c1. The number of carbonyl (C=O) groups excluding carboxylic acids is 1. The van der Waals surface area contributed by atoms with Crippen molar-refractivity contribution in [2.24, 2.45) is 0 Å². The van der Waals surface area contributed by atoms with E-state index in [2.05, 4.69) is 6.58 Å². The minimum Gasteiger partial charge on any atom is -0.428 e. The van der Waals surface area contributed by atoms with Gasteiger partial charge in [0.2, 0.25) is 0 Å². The first-order chi connectivity index (χ1) is 9.37. The van der Waals surface area contributed by atoms with Gasteiger partial charge in [0.15, 0.2) is 0 Å². The Morgan fingerprint density at radius 1 is 1.10 bits per heavy atom. The van der Waals surface area contributed by atoms with Crippen molar-refractivity contribution in [2.45, 2.75) is 26.4 Å². The zero-order chi connectivity index (χ0) is 14.8. The molecule has 0 N–H and O–H groups in total. The molecule has 104 valence electrons. The summed E-state index contributed by atoms with van der Waals surface area (Å²) in [6.45, 7) is 9.13. The Kier molecular flexibility index (Phi) is 3.79. The lowest BCUT2D eigenvalue weighted by Gasteiger charge is -2.18. The number of benzene rings is 2. The predicted molar refractivity (Wildman–Crippen MR) is 80.9 cm³/mol. The molecule has 3 heteroatoms. The minimum atomic E-state index is -0.695. The summed E-state index contributed by atoms with van der Waals surface area (Å²) < 4.78 is 10.3. The van der Waals surface area contributed by atoms with E-state index in [0.717, 1.165) is 16.3 Å². The van der Waals surface area contributed by atoms with Crippen LogP contribution in [0.5, 0.6) is 5.75 Å². The molecule has 20 heavy (non-hydrogen) atoms. The first kappa shape index (κ1) is 14.1. The van der Waals surface area contributed by atoms with Crippen LogP contribution in [0.25, 0.3) is 16.8 Å². The standard InChI is InChI=1S/C17H18O3/c1-5-12-6-7-14-11-15(9-8-13(14)10-12)19-16(18)20-17(2,3)4/h5-11H,1H2,2-4H3. The second kappa shape index (κ2) is 5.37. The Morgan fingerprint density at radius 2 is 1.75 bits per heavy atom. The van der Waals surface area contributed by atoms with E-state index in [9.17, 15) is 4.79 Å². The summed E-state index contributed by atoms with van der Waals surface area (Å²) in [6.07, 6.45) is 1.10. The fourth-order valence-electron chi connectivity index (χ4n) is 1.80. The maximum Gasteiger partial charge on any atom is 0.514 e. The van der Waals surface area contributed by atoms with Gasteiger partial charge in [-0.2, -0.15) is 0 Å². The lowest BCUT2D eigenvalue weighted by Crippen LogP contribution is -2.25. The van der Waals surface area contributed by atoms with Gasteiger partial charge in [-0.25, -0.2) is 4.79 Å². The molecule has 3 nitrogen and oxygen atoms in total. The molecule has 0 spiro atoms. The van der Waals surface area contributed by atoms with Crippen LogP contribution in [0.3, 0.4) is 0 Å². The molecule has 2 rings (SSSR count). The van der Waals surface area contributed by atoms with Gasteiger partial charge in [-0.1, -0.05) is 30.9 Å². The van der Waals surface area contributed by atoms with Gasteiger partial charge < -0.3 is 9.47 Å². The maximum atomic E-state index is 11.6. The Hall–Kier alpha value is -2.29. The van der Waals surface area contributed by atoms with Crippen molar-refractivity contribution in [2.75, 3.05) is 0 Å². The number of fused-ring (bicyclic) bond motifs is 1. The molecule has 0 heterocycles. The molecule has 0 aliphatic carbocycles. The van der Waals surface area contributed by atoms with Crippen molar-refractivity contribution in [1.29, 1.82) is 0 Å². The highest BCUT2D eigenvalue weighted by Gasteiger charge is 2.18. The molecule has 0 aromatic heterocycles. The fourth-order valence-corrected chi connectivity index (χ4v) is 1.80. The second-order valence-corrected chi connectivity index (χ2v) is 5.54. The van der Waals surface area contributed by atoms with Crippen LogP contribution >= 0.6 is 0 Å². The maximum absolute atomic E-state index is 11.6. The quantitative estimate of drug-likeness (QED) is 0.581. The Bertz CT molecular complexity index is 651. The van der Waals surface area contributed by atoms with Gasteiger partial charge >= 0.3 is 6.16 Å². The predicted octanol–water partition coefficient (Wildman–Crippen LogP) is 4.80. The van der Waals surface area contributed by atoms with Crippen LogP contribution in [-0.4, -0.2) is 11.8 Å². The largest absolute Gasteiger partial charge is 0.514 e. The van der Waals surface area contributed by atoms with Crippen molar-refractivity contribution in [3.63, 3.8) is 0 Å². The highest BCUT2D eigenvalue weighted by Crippen LogP contribution is 2.23. The summed E-state index contributed by atoms with van der Waals surface area (Å²) in [5.41, 5.74) is 0.491. The third-order valence-corrected chi connectivity index (χ3v) is 2.66. The van der Waals surface area contributed by atoms with Crippen molar-refractivity contribution in [3.05, 3.63) is 48.5 Å². The molecular formula is C17H18O3. The minimum absolute atomic E-state index is 0.470. The molecule has 2 aromatic rings. The van der Waals surface area contributed by atoms with Gasteiger partial charge in [0.05, 0.1) is 0 Å². The molecule has 0 radical (unpaired) electrons. The first-order valence-corrected chi connectivity index (χ1v) is 6.44. The van der Waals surface area contributed by atoms with Crippen molar-refractivity contribution in [1.82, 2.24) is 0 Å². The number of hydrogen-bond acceptors (Lipinski definition) is 3. The third kappa shape index (κ3) is 3.60. The zero-order valence-electron chi connectivity index (χ0n) is 12.0. The summed E-state index contributed by atoms with van der Waals surface area (Å²) in [7, 11) is 0. The number of rotatable bonds is 2. The van der Waals surface area contributed by atoms with E-state index in [-0.39, 0.29) is 0 Å². The van der Waals surface area contributed by atoms with E-state index in [1.807, 2.05) is 30.3 Å². The second-order valence-electron chi connectivity index (χ2n) is 5.54. The number of carbonyl (C=O) groups is 1. The molecule has 0 atom stereocenters. The van der Waals surface area contributed by atoms with Crippen LogP contribution in [0.15, 0.2) is 43.0 Å². The lowest BCUT2D eigenvalue weighted by atomic mass is 10.1. The first-order valence-electron chi connectivity index (χ1n) is 6.44. The van der Waals surface area contributed by atoms with Crippen molar-refractivity contribution in [3.8, 4) is 5.75 Å². The van der Waals surface area contributed by atoms with Crippen molar-refractivity contribution < 1.29 is 14.3 Å². The lowest BCUT2D eigenvalue weighted by molar-refractivity contribution is 0.0206. The highest BCUT2D eigenvalue weighted by molar-refractivity contribution is 5.86. The van der Waals surface area contributed by atoms with Crippen LogP contribution < -0.4 is 4.74 Å². The third-order valence-electron chi connectivity index (χ3n) is 2.66. The van der Waals surface area contributed by atoms with E-state index in [1.165, 1.54) is 0 Å². The molecule has 0 fully saturated rings. The van der Waals surface area contributed by atoms with E-state index in [4.69, 9.17) is 9.47 Å². The van der Waals surface area contributed by atoms with Gasteiger partial charge in [0.1, 0.15) is 11.4 Å². The average Bonchev–Trinajstić information content (AvgIpc) is 2.35. The normalized spacial score (nSPS) is 11.2. The molecular weight excluding hydrogens is 252 g/mol. The van der Waals surface area contributed by atoms with Crippen LogP contribution in [0.1, 0.15) is 26.3 Å². The van der Waals surface area contributed by atoms with Gasteiger partial charge in [-0.05, 0) is 55.3 Å². The van der Waals surface area contributed by atoms with Crippen molar-refractivity contribution >= 4 is 23.0 Å². The van der Waals surface area contributed by atoms with E-state index in [0.29, 0.717) is 5.75 Å². The van der Waals surface area contributed by atoms with Crippen LogP contribution in [0, 0.1) is 0 Å². The number of hydrogen-bond donors (Lipinski definition) is 0. The van der Waals surface area contributed by atoms with Gasteiger partial charge in [-0.3, -0.25) is 0 Å². The molecule has 0 bridgehead atoms. The summed E-state index contributed by atoms with van der Waals surface area (Å²) in [5, 5.41) is 2.07. The molecule has 0 aliphatic rings. The van der Waals surface area contributed by atoms with E-state index < -0.39 is 11.8 Å². The topological polar surface area (TPSA) is 35.5 Å². The van der Waals surface area contributed by atoms with Crippen LogP contribution in [0.4, 0.5) is 4.79 Å². The summed E-state index contributed by atoms with van der Waals surface area (Å²) in [6, 6.07) is 11.4. The Morgan fingerprint density at radius 3 is 2.40 bits per heavy atom. The van der Waals surface area contributed by atoms with E-state index in [1.54, 1.807) is 32.9 Å². The fraction of sp³-hybridized carbons (Fsp3) is 0.235. The molecule has 0 saturated heterocycles. The smallest absolute Gasteiger partial charge is 0.428 e. The zero-order valence-corrected chi connectivity index (χ0v) is 12.0. The van der Waals surface area contributed by atoms with Crippen LogP contribution in [-0.2, 0) is 4.74 Å².